The third-order valence-electron chi connectivity index (χ3n) is 3.59. The van der Waals surface area contributed by atoms with Crippen molar-refractivity contribution < 1.29 is 4.79 Å². The number of carbonyl (C=O) groups is 1. The van der Waals surface area contributed by atoms with Gasteiger partial charge < -0.3 is 10.3 Å². The van der Waals surface area contributed by atoms with E-state index < -0.39 is 11.5 Å². The molecule has 0 unspecified atom stereocenters. The SMILES string of the molecule is Cc1ccc(CNC(=O)c2cc3c(Cl)c(Br)cnc3[nH]c2=O)cc1. The molecule has 0 radical (unpaired) electrons. The highest BCUT2D eigenvalue weighted by Gasteiger charge is 2.14. The maximum Gasteiger partial charge on any atom is 0.262 e. The molecule has 2 aromatic heterocycles. The number of amides is 1. The lowest BCUT2D eigenvalue weighted by Gasteiger charge is -2.07. The zero-order valence-corrected chi connectivity index (χ0v) is 15.0. The third kappa shape index (κ3) is 3.34. The molecule has 122 valence electrons. The highest BCUT2D eigenvalue weighted by molar-refractivity contribution is 9.10. The van der Waals surface area contributed by atoms with Gasteiger partial charge in [0.15, 0.2) is 0 Å². The molecule has 0 bridgehead atoms. The summed E-state index contributed by atoms with van der Waals surface area (Å²) in [4.78, 5) is 31.1. The van der Waals surface area contributed by atoms with Crippen molar-refractivity contribution in [2.24, 2.45) is 0 Å². The number of fused-ring (bicyclic) bond motifs is 1. The Morgan fingerprint density at radius 1 is 1.33 bits per heavy atom. The predicted octanol–water partition coefficient (Wildman–Crippen LogP) is 3.58. The molecule has 0 aliphatic heterocycles. The van der Waals surface area contributed by atoms with Crippen molar-refractivity contribution in [3.63, 3.8) is 0 Å². The first-order valence-corrected chi connectivity index (χ1v) is 8.33. The van der Waals surface area contributed by atoms with Crippen LogP contribution in [0.25, 0.3) is 11.0 Å². The first kappa shape index (κ1) is 16.7. The van der Waals surface area contributed by atoms with Gasteiger partial charge in [0.05, 0.1) is 9.50 Å². The number of rotatable bonds is 3. The minimum absolute atomic E-state index is 0.00332. The number of nitrogens with zero attached hydrogens (tertiary/aromatic N) is 1. The van der Waals surface area contributed by atoms with E-state index in [0.717, 1.165) is 11.1 Å². The predicted molar refractivity (Wildman–Crippen MR) is 97.4 cm³/mol. The number of H-pyrrole nitrogens is 1. The lowest BCUT2D eigenvalue weighted by atomic mass is 10.1. The Labute approximate surface area is 151 Å². The fraction of sp³-hybridized carbons (Fsp3) is 0.118. The Kier molecular flexibility index (Phi) is 4.69. The van der Waals surface area contributed by atoms with Gasteiger partial charge in [0, 0.05) is 18.1 Å². The van der Waals surface area contributed by atoms with E-state index in [0.29, 0.717) is 27.1 Å². The number of pyridine rings is 2. The zero-order valence-electron chi connectivity index (χ0n) is 12.7. The van der Waals surface area contributed by atoms with Gasteiger partial charge >= 0.3 is 0 Å². The summed E-state index contributed by atoms with van der Waals surface area (Å²) in [6.45, 7) is 2.33. The number of aryl methyl sites for hydroxylation is 1. The lowest BCUT2D eigenvalue weighted by molar-refractivity contribution is 0.0949. The molecular weight excluding hydrogens is 394 g/mol. The van der Waals surface area contributed by atoms with E-state index in [-0.39, 0.29) is 5.56 Å². The second kappa shape index (κ2) is 6.75. The van der Waals surface area contributed by atoms with Gasteiger partial charge in [-0.3, -0.25) is 9.59 Å². The number of carbonyl (C=O) groups excluding carboxylic acids is 1. The van der Waals surface area contributed by atoms with E-state index in [1.165, 1.54) is 12.3 Å². The van der Waals surface area contributed by atoms with E-state index in [4.69, 9.17) is 11.6 Å². The lowest BCUT2D eigenvalue weighted by Crippen LogP contribution is -2.29. The van der Waals surface area contributed by atoms with Gasteiger partial charge in [0.25, 0.3) is 11.5 Å². The maximum atomic E-state index is 12.3. The fourth-order valence-corrected chi connectivity index (χ4v) is 2.76. The summed E-state index contributed by atoms with van der Waals surface area (Å²) in [5.74, 6) is -0.463. The van der Waals surface area contributed by atoms with E-state index in [1.54, 1.807) is 0 Å². The molecule has 1 aromatic carbocycles. The van der Waals surface area contributed by atoms with Crippen LogP contribution in [-0.2, 0) is 6.54 Å². The van der Waals surface area contributed by atoms with Gasteiger partial charge in [0.2, 0.25) is 0 Å². The monoisotopic (exact) mass is 405 g/mol. The van der Waals surface area contributed by atoms with Crippen molar-refractivity contribution in [3.05, 3.63) is 73.1 Å². The summed E-state index contributed by atoms with van der Waals surface area (Å²) in [5, 5.41) is 3.64. The minimum atomic E-state index is -0.505. The highest BCUT2D eigenvalue weighted by atomic mass is 79.9. The molecule has 2 heterocycles. The highest BCUT2D eigenvalue weighted by Crippen LogP contribution is 2.28. The Morgan fingerprint density at radius 3 is 2.75 bits per heavy atom. The fourth-order valence-electron chi connectivity index (χ4n) is 2.25. The number of hydrogen-bond acceptors (Lipinski definition) is 3. The molecule has 24 heavy (non-hydrogen) atoms. The van der Waals surface area contributed by atoms with Gasteiger partial charge in [-0.25, -0.2) is 4.98 Å². The molecule has 3 aromatic rings. The van der Waals surface area contributed by atoms with Crippen molar-refractivity contribution in [2.75, 3.05) is 0 Å². The van der Waals surface area contributed by atoms with Crippen LogP contribution in [0.15, 0.2) is 45.8 Å². The van der Waals surface area contributed by atoms with E-state index in [9.17, 15) is 9.59 Å². The normalized spacial score (nSPS) is 10.8. The van der Waals surface area contributed by atoms with E-state index >= 15 is 0 Å². The molecule has 0 fully saturated rings. The number of hydrogen-bond donors (Lipinski definition) is 2. The van der Waals surface area contributed by atoms with Crippen molar-refractivity contribution >= 4 is 44.5 Å². The molecule has 0 aliphatic carbocycles. The minimum Gasteiger partial charge on any atom is -0.348 e. The number of aromatic nitrogens is 2. The third-order valence-corrected chi connectivity index (χ3v) is 4.83. The summed E-state index contributed by atoms with van der Waals surface area (Å²) in [7, 11) is 0. The summed E-state index contributed by atoms with van der Waals surface area (Å²) in [5.41, 5.74) is 1.92. The van der Waals surface area contributed by atoms with Crippen LogP contribution in [0.4, 0.5) is 0 Å². The van der Waals surface area contributed by atoms with Gasteiger partial charge in [0.1, 0.15) is 11.2 Å². The van der Waals surface area contributed by atoms with Crippen LogP contribution < -0.4 is 10.9 Å². The Balaban J connectivity index is 1.89. The quantitative estimate of drug-likeness (QED) is 0.698. The summed E-state index contributed by atoms with van der Waals surface area (Å²) in [6, 6.07) is 9.25. The van der Waals surface area contributed by atoms with Crippen molar-refractivity contribution in [1.82, 2.24) is 15.3 Å². The van der Waals surface area contributed by atoms with Gasteiger partial charge in [-0.1, -0.05) is 41.4 Å². The van der Waals surface area contributed by atoms with Crippen LogP contribution in [0.1, 0.15) is 21.5 Å². The number of benzene rings is 1. The molecule has 0 saturated heterocycles. The van der Waals surface area contributed by atoms with E-state index in [2.05, 4.69) is 31.2 Å². The second-order valence-corrected chi connectivity index (χ2v) is 6.60. The Bertz CT molecular complexity index is 984. The van der Waals surface area contributed by atoms with Gasteiger partial charge in [-0.2, -0.15) is 0 Å². The summed E-state index contributed by atoms with van der Waals surface area (Å²) < 4.78 is 0.592. The van der Waals surface area contributed by atoms with Crippen LogP contribution in [-0.4, -0.2) is 15.9 Å². The first-order valence-electron chi connectivity index (χ1n) is 7.16. The van der Waals surface area contributed by atoms with Crippen LogP contribution in [0.3, 0.4) is 0 Å². The zero-order chi connectivity index (χ0) is 17.3. The van der Waals surface area contributed by atoms with Gasteiger partial charge in [-0.05, 0) is 34.5 Å². The first-order chi connectivity index (χ1) is 11.5. The van der Waals surface area contributed by atoms with Crippen molar-refractivity contribution in [1.29, 1.82) is 0 Å². The average molecular weight is 407 g/mol. The molecule has 0 saturated carbocycles. The summed E-state index contributed by atoms with van der Waals surface area (Å²) in [6.07, 6.45) is 1.50. The van der Waals surface area contributed by atoms with Crippen LogP contribution in [0.2, 0.25) is 5.02 Å². The second-order valence-electron chi connectivity index (χ2n) is 5.36. The topological polar surface area (TPSA) is 74.8 Å². The number of nitrogens with one attached hydrogen (secondary N) is 2. The maximum absolute atomic E-state index is 12.3. The standard InChI is InChI=1S/C17H13BrClN3O2/c1-9-2-4-10(5-3-9)7-21-16(23)12-6-11-14(19)13(18)8-20-15(11)22-17(12)24/h2-6,8H,7H2,1H3,(H,21,23)(H,20,22,24). The Hall–Kier alpha value is -2.18. The average Bonchev–Trinajstić information content (AvgIpc) is 2.57. The molecule has 0 spiro atoms. The van der Waals surface area contributed by atoms with Crippen molar-refractivity contribution in [2.45, 2.75) is 13.5 Å². The Morgan fingerprint density at radius 2 is 2.04 bits per heavy atom. The number of aromatic amines is 1. The molecule has 7 heteroatoms. The van der Waals surface area contributed by atoms with Crippen LogP contribution >= 0.6 is 27.5 Å². The molecule has 0 aliphatic rings. The molecule has 1 amide bonds. The molecular formula is C17H13BrClN3O2. The smallest absolute Gasteiger partial charge is 0.262 e. The summed E-state index contributed by atoms with van der Waals surface area (Å²) >= 11 is 9.48. The molecule has 0 atom stereocenters. The van der Waals surface area contributed by atoms with Gasteiger partial charge in [-0.15, -0.1) is 0 Å². The largest absolute Gasteiger partial charge is 0.348 e. The molecule has 3 rings (SSSR count). The molecule has 2 N–H and O–H groups in total. The van der Waals surface area contributed by atoms with Crippen LogP contribution in [0.5, 0.6) is 0 Å². The van der Waals surface area contributed by atoms with Crippen molar-refractivity contribution in [3.8, 4) is 0 Å². The van der Waals surface area contributed by atoms with Crippen LogP contribution in [0, 0.1) is 6.92 Å². The molecule has 5 nitrogen and oxygen atoms in total. The van der Waals surface area contributed by atoms with E-state index in [1.807, 2.05) is 31.2 Å². The number of halogens is 2.